The molecule has 2 heterocycles. The van der Waals surface area contributed by atoms with E-state index in [2.05, 4.69) is 6.92 Å². The third-order valence-corrected chi connectivity index (χ3v) is 4.68. The molecule has 2 rings (SSSR count). The van der Waals surface area contributed by atoms with Crippen molar-refractivity contribution >= 4 is 11.9 Å². The number of esters is 1. The van der Waals surface area contributed by atoms with Crippen LogP contribution in [0.25, 0.3) is 0 Å². The quantitative estimate of drug-likeness (QED) is 0.411. The zero-order valence-corrected chi connectivity index (χ0v) is 13.4. The molecule has 2 aliphatic rings. The number of hydrogen-bond acceptors (Lipinski definition) is 4. The predicted octanol–water partition coefficient (Wildman–Crippen LogP) is 2.28. The van der Waals surface area contributed by atoms with Crippen LogP contribution in [-0.4, -0.2) is 48.2 Å². The predicted molar refractivity (Wildman–Crippen MR) is 78.8 cm³/mol. The van der Waals surface area contributed by atoms with Crippen molar-refractivity contribution in [3.63, 3.8) is 0 Å². The first-order valence-electron chi connectivity index (χ1n) is 8.11. The monoisotopic (exact) mass is 297 g/mol. The SMILES string of the molecule is CCCCCC[C@@H]1O[C@@]1(C)C(=O)N1CCCC1C(=O)OC. The number of hydrogen-bond donors (Lipinski definition) is 0. The van der Waals surface area contributed by atoms with Crippen LogP contribution in [0, 0.1) is 0 Å². The summed E-state index contributed by atoms with van der Waals surface area (Å²) < 4.78 is 10.5. The molecule has 0 bridgehead atoms. The second-order valence-electron chi connectivity index (χ2n) is 6.24. The van der Waals surface area contributed by atoms with E-state index in [0.717, 1.165) is 19.3 Å². The number of epoxide rings is 1. The Morgan fingerprint density at radius 3 is 2.76 bits per heavy atom. The fourth-order valence-electron chi connectivity index (χ4n) is 3.22. The summed E-state index contributed by atoms with van der Waals surface area (Å²) in [4.78, 5) is 26.0. The molecule has 120 valence electrons. The van der Waals surface area contributed by atoms with Crippen molar-refractivity contribution in [3.05, 3.63) is 0 Å². The molecule has 0 aromatic carbocycles. The third-order valence-electron chi connectivity index (χ3n) is 4.68. The van der Waals surface area contributed by atoms with E-state index in [9.17, 15) is 9.59 Å². The number of nitrogens with zero attached hydrogens (tertiary/aromatic N) is 1. The van der Waals surface area contributed by atoms with E-state index in [1.807, 2.05) is 6.92 Å². The van der Waals surface area contributed by atoms with Gasteiger partial charge >= 0.3 is 5.97 Å². The summed E-state index contributed by atoms with van der Waals surface area (Å²) in [6.45, 7) is 4.66. The third kappa shape index (κ3) is 3.39. The van der Waals surface area contributed by atoms with Gasteiger partial charge in [0.2, 0.25) is 0 Å². The van der Waals surface area contributed by atoms with E-state index in [0.29, 0.717) is 13.0 Å². The van der Waals surface area contributed by atoms with Gasteiger partial charge in [0.05, 0.1) is 13.2 Å². The summed E-state index contributed by atoms with van der Waals surface area (Å²) in [6, 6.07) is -0.427. The maximum absolute atomic E-state index is 12.7. The van der Waals surface area contributed by atoms with Gasteiger partial charge in [0, 0.05) is 6.54 Å². The van der Waals surface area contributed by atoms with Gasteiger partial charge in [-0.2, -0.15) is 0 Å². The second-order valence-corrected chi connectivity index (χ2v) is 6.24. The topological polar surface area (TPSA) is 59.1 Å². The lowest BCUT2D eigenvalue weighted by Crippen LogP contribution is -2.47. The Kier molecular flexibility index (Phi) is 5.25. The first kappa shape index (κ1) is 16.3. The van der Waals surface area contributed by atoms with Gasteiger partial charge in [-0.05, 0) is 26.2 Å². The average molecular weight is 297 g/mol. The van der Waals surface area contributed by atoms with Crippen LogP contribution in [0.2, 0.25) is 0 Å². The molecule has 0 radical (unpaired) electrons. The van der Waals surface area contributed by atoms with E-state index in [1.54, 1.807) is 4.90 Å². The molecule has 3 atom stereocenters. The van der Waals surface area contributed by atoms with Crippen LogP contribution < -0.4 is 0 Å². The molecule has 5 nitrogen and oxygen atoms in total. The van der Waals surface area contributed by atoms with Crippen LogP contribution in [0.1, 0.15) is 58.8 Å². The Labute approximate surface area is 127 Å². The van der Waals surface area contributed by atoms with Gasteiger partial charge < -0.3 is 14.4 Å². The van der Waals surface area contributed by atoms with E-state index < -0.39 is 11.6 Å². The molecule has 0 saturated carbocycles. The molecular formula is C16H27NO4. The summed E-state index contributed by atoms with van der Waals surface area (Å²) in [6.07, 6.45) is 7.21. The molecule has 5 heteroatoms. The van der Waals surface area contributed by atoms with Crippen LogP contribution >= 0.6 is 0 Å². The van der Waals surface area contributed by atoms with E-state index in [4.69, 9.17) is 9.47 Å². The van der Waals surface area contributed by atoms with E-state index >= 15 is 0 Å². The Hall–Kier alpha value is -1.10. The highest BCUT2D eigenvalue weighted by Crippen LogP contribution is 2.42. The van der Waals surface area contributed by atoms with Crippen LogP contribution in [0.4, 0.5) is 0 Å². The van der Waals surface area contributed by atoms with Crippen LogP contribution in [-0.2, 0) is 19.1 Å². The summed E-state index contributed by atoms with van der Waals surface area (Å²) in [5.41, 5.74) is -0.719. The standard InChI is InChI=1S/C16H27NO4/c1-4-5-6-7-10-13-16(2,21-13)15(19)17-11-8-9-12(17)14(18)20-3/h12-13H,4-11H2,1-3H3/t12?,13-,16+/m0/s1. The maximum Gasteiger partial charge on any atom is 0.328 e. The lowest BCUT2D eigenvalue weighted by molar-refractivity contribution is -0.152. The van der Waals surface area contributed by atoms with Crippen molar-refractivity contribution in [2.45, 2.75) is 76.5 Å². The van der Waals surface area contributed by atoms with E-state index in [1.165, 1.54) is 26.4 Å². The number of amides is 1. The number of ether oxygens (including phenoxy) is 2. The molecule has 2 aliphatic heterocycles. The van der Waals surface area contributed by atoms with Crippen LogP contribution in [0.5, 0.6) is 0 Å². The number of carbonyl (C=O) groups is 2. The van der Waals surface area contributed by atoms with Gasteiger partial charge in [-0.1, -0.05) is 32.6 Å². The number of methoxy groups -OCH3 is 1. The highest BCUT2D eigenvalue weighted by Gasteiger charge is 2.60. The smallest absolute Gasteiger partial charge is 0.328 e. The first-order chi connectivity index (χ1) is 10.0. The summed E-state index contributed by atoms with van der Waals surface area (Å²) >= 11 is 0. The summed E-state index contributed by atoms with van der Waals surface area (Å²) in [7, 11) is 1.37. The lowest BCUT2D eigenvalue weighted by Gasteiger charge is -2.24. The highest BCUT2D eigenvalue weighted by atomic mass is 16.6. The number of likely N-dealkylation sites (tertiary alicyclic amines) is 1. The largest absolute Gasteiger partial charge is 0.467 e. The molecule has 0 aromatic rings. The lowest BCUT2D eigenvalue weighted by atomic mass is 10.0. The fraction of sp³-hybridized carbons (Fsp3) is 0.875. The van der Waals surface area contributed by atoms with Crippen molar-refractivity contribution in [2.75, 3.05) is 13.7 Å². The first-order valence-corrected chi connectivity index (χ1v) is 8.11. The number of rotatable bonds is 7. The van der Waals surface area contributed by atoms with Gasteiger partial charge in [-0.25, -0.2) is 4.79 Å². The molecule has 1 amide bonds. The molecule has 2 saturated heterocycles. The van der Waals surface area contributed by atoms with Crippen molar-refractivity contribution in [2.24, 2.45) is 0 Å². The summed E-state index contributed by atoms with van der Waals surface area (Å²) in [5.74, 6) is -0.361. The normalized spacial score (nSPS) is 31.3. The molecule has 21 heavy (non-hydrogen) atoms. The molecule has 2 fully saturated rings. The second kappa shape index (κ2) is 6.77. The van der Waals surface area contributed by atoms with E-state index in [-0.39, 0.29) is 18.0 Å². The molecule has 0 N–H and O–H groups in total. The minimum Gasteiger partial charge on any atom is -0.467 e. The Bertz CT molecular complexity index is 398. The minimum absolute atomic E-state index is 0.0146. The fourth-order valence-corrected chi connectivity index (χ4v) is 3.22. The number of unbranched alkanes of at least 4 members (excludes halogenated alkanes) is 3. The van der Waals surface area contributed by atoms with Crippen molar-refractivity contribution in [3.8, 4) is 0 Å². The Balaban J connectivity index is 1.87. The van der Waals surface area contributed by atoms with Crippen LogP contribution in [0.15, 0.2) is 0 Å². The van der Waals surface area contributed by atoms with Crippen molar-refractivity contribution < 1.29 is 19.1 Å². The minimum atomic E-state index is -0.719. The molecule has 1 unspecified atom stereocenters. The van der Waals surface area contributed by atoms with Gasteiger partial charge in [0.15, 0.2) is 5.60 Å². The average Bonchev–Trinajstić information content (AvgIpc) is 2.93. The highest BCUT2D eigenvalue weighted by molar-refractivity contribution is 5.92. The molecule has 0 aromatic heterocycles. The zero-order valence-electron chi connectivity index (χ0n) is 13.4. The zero-order chi connectivity index (χ0) is 15.5. The Morgan fingerprint density at radius 2 is 2.10 bits per heavy atom. The van der Waals surface area contributed by atoms with Crippen LogP contribution in [0.3, 0.4) is 0 Å². The van der Waals surface area contributed by atoms with Gasteiger partial charge in [0.25, 0.3) is 5.91 Å². The molecular weight excluding hydrogens is 270 g/mol. The van der Waals surface area contributed by atoms with Gasteiger partial charge in [0.1, 0.15) is 6.04 Å². The van der Waals surface area contributed by atoms with Crippen molar-refractivity contribution in [1.82, 2.24) is 4.90 Å². The number of carbonyl (C=O) groups excluding carboxylic acids is 2. The van der Waals surface area contributed by atoms with Crippen molar-refractivity contribution in [1.29, 1.82) is 0 Å². The maximum atomic E-state index is 12.7. The Morgan fingerprint density at radius 1 is 1.33 bits per heavy atom. The summed E-state index contributed by atoms with van der Waals surface area (Å²) in [5, 5.41) is 0. The molecule has 0 spiro atoms. The van der Waals surface area contributed by atoms with Gasteiger partial charge in [-0.15, -0.1) is 0 Å². The van der Waals surface area contributed by atoms with Gasteiger partial charge in [-0.3, -0.25) is 4.79 Å². The molecule has 0 aliphatic carbocycles.